The normalized spacial score (nSPS) is 14.1. The highest BCUT2D eigenvalue weighted by atomic mass is 31.2. The van der Waals surface area contributed by atoms with E-state index in [-0.39, 0.29) is 26.1 Å². The third kappa shape index (κ3) is 41.4. The van der Waals surface area contributed by atoms with Gasteiger partial charge < -0.3 is 27.9 Å². The number of likely N-dealkylation sites (N-methyl/N-ethyl adjacent to an activating group) is 1. The maximum atomic E-state index is 12.6. The van der Waals surface area contributed by atoms with Gasteiger partial charge in [-0.3, -0.25) is 14.2 Å². The molecule has 2 atom stereocenters. The van der Waals surface area contributed by atoms with E-state index in [4.69, 9.17) is 18.5 Å². The Balaban J connectivity index is 4.45. The molecule has 0 spiro atoms. The summed E-state index contributed by atoms with van der Waals surface area (Å²) in [5.74, 6) is -0.906. The van der Waals surface area contributed by atoms with Gasteiger partial charge >= 0.3 is 11.9 Å². The third-order valence-electron chi connectivity index (χ3n) is 9.07. The topological polar surface area (TPSA) is 111 Å². The maximum Gasteiger partial charge on any atom is 0.306 e. The SMILES string of the molecule is CCCC/C=C/C/C=C/CCCCCCCC(=O)O[C@H](COC(=O)CCC/C=C/C/C=C/CCCCCCCCCCC)COP(=O)([O-])OCC[N+](C)(C)C. The second-order valence-electron chi connectivity index (χ2n) is 15.7. The van der Waals surface area contributed by atoms with E-state index >= 15 is 0 Å². The summed E-state index contributed by atoms with van der Waals surface area (Å²) in [5, 5.41) is 0. The third-order valence-corrected chi connectivity index (χ3v) is 10.0. The van der Waals surface area contributed by atoms with Gasteiger partial charge in [-0.1, -0.05) is 146 Å². The molecule has 0 aromatic rings. The number of phosphoric ester groups is 1. The zero-order valence-electron chi connectivity index (χ0n) is 35.9. The van der Waals surface area contributed by atoms with E-state index in [9.17, 15) is 19.0 Å². The highest BCUT2D eigenvalue weighted by molar-refractivity contribution is 7.45. The fourth-order valence-electron chi connectivity index (χ4n) is 5.59. The van der Waals surface area contributed by atoms with E-state index < -0.39 is 32.5 Å². The summed E-state index contributed by atoms with van der Waals surface area (Å²) in [4.78, 5) is 37.5. The number of ether oxygens (including phenoxy) is 2. The average molecular weight is 796 g/mol. The predicted molar refractivity (Wildman–Crippen MR) is 227 cm³/mol. The second kappa shape index (κ2) is 37.5. The predicted octanol–water partition coefficient (Wildman–Crippen LogP) is 11.7. The lowest BCUT2D eigenvalue weighted by Crippen LogP contribution is -2.37. The molecule has 320 valence electrons. The van der Waals surface area contributed by atoms with E-state index in [2.05, 4.69) is 62.5 Å². The van der Waals surface area contributed by atoms with E-state index in [1.807, 2.05) is 21.1 Å². The van der Waals surface area contributed by atoms with Crippen molar-refractivity contribution in [1.82, 2.24) is 0 Å². The van der Waals surface area contributed by atoms with Crippen LogP contribution in [0.25, 0.3) is 0 Å². The zero-order valence-corrected chi connectivity index (χ0v) is 36.8. The first kappa shape index (κ1) is 53.0. The lowest BCUT2D eigenvalue weighted by molar-refractivity contribution is -0.870. The molecule has 0 aliphatic heterocycles. The van der Waals surface area contributed by atoms with Crippen molar-refractivity contribution in [3.05, 3.63) is 48.6 Å². The molecule has 55 heavy (non-hydrogen) atoms. The van der Waals surface area contributed by atoms with Crippen LogP contribution in [0.4, 0.5) is 0 Å². The molecule has 0 aliphatic carbocycles. The number of rotatable bonds is 39. The number of allylic oxidation sites excluding steroid dienone is 8. The average Bonchev–Trinajstić information content (AvgIpc) is 3.13. The van der Waals surface area contributed by atoms with Crippen molar-refractivity contribution in [3.8, 4) is 0 Å². The Morgan fingerprint density at radius 1 is 0.564 bits per heavy atom. The van der Waals surface area contributed by atoms with Crippen LogP contribution in [-0.4, -0.2) is 70.0 Å². The summed E-state index contributed by atoms with van der Waals surface area (Å²) >= 11 is 0. The lowest BCUT2D eigenvalue weighted by Gasteiger charge is -2.28. The molecule has 0 saturated heterocycles. The number of quaternary nitrogens is 1. The molecule has 1 unspecified atom stereocenters. The minimum atomic E-state index is -4.64. The summed E-state index contributed by atoms with van der Waals surface area (Å²) in [7, 11) is 1.13. The zero-order chi connectivity index (χ0) is 40.7. The van der Waals surface area contributed by atoms with E-state index in [1.54, 1.807) is 0 Å². The Labute approximate surface area is 337 Å². The van der Waals surface area contributed by atoms with Crippen LogP contribution < -0.4 is 4.89 Å². The van der Waals surface area contributed by atoms with Gasteiger partial charge in [-0.05, 0) is 64.2 Å². The van der Waals surface area contributed by atoms with Crippen molar-refractivity contribution in [1.29, 1.82) is 0 Å². The fourth-order valence-corrected chi connectivity index (χ4v) is 6.32. The van der Waals surface area contributed by atoms with E-state index in [0.717, 1.165) is 64.2 Å². The van der Waals surface area contributed by atoms with Crippen LogP contribution in [0.2, 0.25) is 0 Å². The van der Waals surface area contributed by atoms with Crippen LogP contribution in [0.3, 0.4) is 0 Å². The molecule has 9 nitrogen and oxygen atoms in total. The Hall–Kier alpha value is -2.03. The summed E-state index contributed by atoms with van der Waals surface area (Å²) < 4.78 is 33.8. The van der Waals surface area contributed by atoms with Gasteiger partial charge in [-0.2, -0.15) is 0 Å². The van der Waals surface area contributed by atoms with Crippen molar-refractivity contribution in [2.24, 2.45) is 0 Å². The van der Waals surface area contributed by atoms with Crippen molar-refractivity contribution < 1.29 is 42.1 Å². The fraction of sp³-hybridized carbons (Fsp3) is 0.778. The minimum Gasteiger partial charge on any atom is -0.756 e. The van der Waals surface area contributed by atoms with Crippen LogP contribution in [0.5, 0.6) is 0 Å². The molecule has 10 heteroatoms. The maximum absolute atomic E-state index is 12.6. The van der Waals surface area contributed by atoms with Gasteiger partial charge in [0.25, 0.3) is 7.82 Å². The van der Waals surface area contributed by atoms with Crippen molar-refractivity contribution in [2.75, 3.05) is 47.5 Å². The molecule has 0 amide bonds. The van der Waals surface area contributed by atoms with Gasteiger partial charge in [-0.25, -0.2) is 0 Å². The first-order valence-electron chi connectivity index (χ1n) is 21.8. The Morgan fingerprint density at radius 3 is 1.55 bits per heavy atom. The number of carbonyl (C=O) groups is 2. The Morgan fingerprint density at radius 2 is 1.02 bits per heavy atom. The van der Waals surface area contributed by atoms with Crippen LogP contribution in [0, 0.1) is 0 Å². The summed E-state index contributed by atoms with van der Waals surface area (Å²) in [6.45, 7) is 4.11. The Bertz CT molecular complexity index is 1080. The van der Waals surface area contributed by atoms with Crippen LogP contribution >= 0.6 is 7.82 Å². The lowest BCUT2D eigenvalue weighted by atomic mass is 10.1. The van der Waals surface area contributed by atoms with Crippen LogP contribution in [-0.2, 0) is 32.7 Å². The molecular weight excluding hydrogens is 713 g/mol. The first-order chi connectivity index (χ1) is 26.5. The van der Waals surface area contributed by atoms with Crippen LogP contribution in [0.1, 0.15) is 174 Å². The number of nitrogens with zero attached hydrogens (tertiary/aromatic N) is 1. The highest BCUT2D eigenvalue weighted by Crippen LogP contribution is 2.38. The van der Waals surface area contributed by atoms with Gasteiger partial charge in [0.15, 0.2) is 6.10 Å². The first-order valence-corrected chi connectivity index (χ1v) is 23.3. The summed E-state index contributed by atoms with van der Waals surface area (Å²) in [6, 6.07) is 0. The molecule has 0 heterocycles. The monoisotopic (exact) mass is 796 g/mol. The van der Waals surface area contributed by atoms with E-state index in [0.29, 0.717) is 23.9 Å². The van der Waals surface area contributed by atoms with Gasteiger partial charge in [0, 0.05) is 12.8 Å². The number of hydrogen-bond acceptors (Lipinski definition) is 8. The number of hydrogen-bond donors (Lipinski definition) is 0. The van der Waals surface area contributed by atoms with Gasteiger partial charge in [0.2, 0.25) is 0 Å². The second-order valence-corrected chi connectivity index (χ2v) is 17.1. The molecule has 0 fully saturated rings. The smallest absolute Gasteiger partial charge is 0.306 e. The molecule has 0 rings (SSSR count). The number of phosphoric acid groups is 1. The van der Waals surface area contributed by atoms with Gasteiger partial charge in [0.1, 0.15) is 19.8 Å². The van der Waals surface area contributed by atoms with Crippen molar-refractivity contribution in [2.45, 2.75) is 180 Å². The number of unbranched alkanes of at least 4 members (excludes halogenated alkanes) is 17. The van der Waals surface area contributed by atoms with Crippen molar-refractivity contribution >= 4 is 19.8 Å². The molecular formula is C45H82NO8P. The largest absolute Gasteiger partial charge is 0.756 e. The van der Waals surface area contributed by atoms with Gasteiger partial charge in [-0.15, -0.1) is 0 Å². The van der Waals surface area contributed by atoms with Crippen molar-refractivity contribution in [3.63, 3.8) is 0 Å². The molecule has 0 aromatic carbocycles. The molecule has 0 aliphatic rings. The van der Waals surface area contributed by atoms with E-state index in [1.165, 1.54) is 70.6 Å². The quantitative estimate of drug-likeness (QED) is 0.0199. The Kier molecular flexibility index (Phi) is 36.2. The summed E-state index contributed by atoms with van der Waals surface area (Å²) in [5.41, 5.74) is 0. The van der Waals surface area contributed by atoms with Crippen LogP contribution in [0.15, 0.2) is 48.6 Å². The molecule has 0 N–H and O–H groups in total. The standard InChI is InChI=1S/C45H82NO8P/c1-6-8-10-12-14-16-18-20-22-23-24-26-27-29-31-33-35-37-44(47)51-41-43(42-53-55(49,50)52-40-39-46(3,4)5)54-45(48)38-36-34-32-30-28-25-21-19-17-15-13-11-9-7-2/h13,15,19,21,24,26,29,31,43H,6-12,14,16-18,20,22-23,25,27-28,30,32-42H2,1-5H3/b15-13+,21-19+,26-24+,31-29+/t43-/m1/s1. The van der Waals surface area contributed by atoms with Gasteiger partial charge in [0.05, 0.1) is 27.7 Å². The molecule has 0 bridgehead atoms. The number of carbonyl (C=O) groups excluding carboxylic acids is 2. The summed E-state index contributed by atoms with van der Waals surface area (Å²) in [6.07, 6.45) is 42.9. The molecule has 0 aromatic heterocycles. The number of esters is 2. The molecule has 0 radical (unpaired) electrons. The highest BCUT2D eigenvalue weighted by Gasteiger charge is 2.21. The minimum absolute atomic E-state index is 0.0411. The molecule has 0 saturated carbocycles.